The van der Waals surface area contributed by atoms with Gasteiger partial charge in [-0.3, -0.25) is 9.36 Å². The molecule has 3 atom stereocenters. The summed E-state index contributed by atoms with van der Waals surface area (Å²) in [5.41, 5.74) is 0. The van der Waals surface area contributed by atoms with Gasteiger partial charge in [0.2, 0.25) is 5.91 Å². The summed E-state index contributed by atoms with van der Waals surface area (Å²) in [5.74, 6) is -0.224. The molecule has 0 radical (unpaired) electrons. The van der Waals surface area contributed by atoms with Gasteiger partial charge in [0.15, 0.2) is 0 Å². The zero-order valence-corrected chi connectivity index (χ0v) is 35.6. The summed E-state index contributed by atoms with van der Waals surface area (Å²) in [6.45, 7) is 4.54. The van der Waals surface area contributed by atoms with Crippen LogP contribution in [0, 0.1) is 0 Å². The number of carbonyl (C=O) groups excluding carboxylic acids is 1. The number of unbranched alkanes of at least 4 members (excludes halogenated alkanes) is 16. The van der Waals surface area contributed by atoms with E-state index in [9.17, 15) is 19.4 Å². The molecular weight excluding hydrogens is 683 g/mol. The van der Waals surface area contributed by atoms with E-state index in [1.807, 2.05) is 27.2 Å². The second kappa shape index (κ2) is 35.9. The number of aliphatic hydroxyl groups is 1. The van der Waals surface area contributed by atoms with Crippen molar-refractivity contribution in [2.45, 2.75) is 174 Å². The first kappa shape index (κ1) is 51.2. The van der Waals surface area contributed by atoms with Crippen molar-refractivity contribution in [2.24, 2.45) is 0 Å². The van der Waals surface area contributed by atoms with Gasteiger partial charge in [0, 0.05) is 6.42 Å². The molecule has 3 unspecified atom stereocenters. The number of phosphoric acid groups is 1. The number of amides is 1. The Labute approximate surface area is 326 Å². The number of likely N-dealkylation sites (N-methyl/N-ethyl adjacent to an activating group) is 1. The van der Waals surface area contributed by atoms with Gasteiger partial charge in [-0.1, -0.05) is 145 Å². The maximum atomic E-state index is 12.8. The highest BCUT2D eigenvalue weighted by molar-refractivity contribution is 7.45. The molecule has 0 aliphatic heterocycles. The number of rotatable bonds is 37. The first-order valence-corrected chi connectivity index (χ1v) is 22.6. The summed E-state index contributed by atoms with van der Waals surface area (Å²) < 4.78 is 23.1. The minimum atomic E-state index is -4.60. The lowest BCUT2D eigenvalue weighted by molar-refractivity contribution is -0.870. The molecule has 0 aliphatic carbocycles. The zero-order valence-electron chi connectivity index (χ0n) is 34.7. The Morgan fingerprint density at radius 1 is 0.660 bits per heavy atom. The van der Waals surface area contributed by atoms with Crippen LogP contribution in [0.3, 0.4) is 0 Å². The van der Waals surface area contributed by atoms with Gasteiger partial charge in [0.05, 0.1) is 39.9 Å². The highest BCUT2D eigenvalue weighted by atomic mass is 31.2. The van der Waals surface area contributed by atoms with E-state index >= 15 is 0 Å². The average Bonchev–Trinajstić information content (AvgIpc) is 3.10. The number of nitrogens with one attached hydrogen (secondary N) is 1. The minimum absolute atomic E-state index is 0.0119. The molecule has 0 rings (SSSR count). The van der Waals surface area contributed by atoms with Gasteiger partial charge in [0.25, 0.3) is 7.82 Å². The molecule has 0 aliphatic rings. The number of phosphoric ester groups is 1. The van der Waals surface area contributed by atoms with Crippen LogP contribution < -0.4 is 10.2 Å². The van der Waals surface area contributed by atoms with Crippen molar-refractivity contribution in [1.82, 2.24) is 5.32 Å². The Hall–Kier alpha value is -1.80. The van der Waals surface area contributed by atoms with E-state index in [-0.39, 0.29) is 12.5 Å². The number of nitrogens with zero attached hydrogens (tertiary/aromatic N) is 1. The third-order valence-electron chi connectivity index (χ3n) is 8.95. The van der Waals surface area contributed by atoms with Gasteiger partial charge in [-0.05, 0) is 70.6 Å². The smallest absolute Gasteiger partial charge is 0.268 e. The van der Waals surface area contributed by atoms with Crippen molar-refractivity contribution in [1.29, 1.82) is 0 Å². The van der Waals surface area contributed by atoms with Crippen molar-refractivity contribution in [2.75, 3.05) is 40.9 Å². The van der Waals surface area contributed by atoms with E-state index in [4.69, 9.17) is 9.05 Å². The number of quaternary nitrogens is 1. The predicted molar refractivity (Wildman–Crippen MR) is 224 cm³/mol. The molecule has 0 heterocycles. The van der Waals surface area contributed by atoms with Gasteiger partial charge in [0.1, 0.15) is 13.2 Å². The number of hydrogen-bond acceptors (Lipinski definition) is 6. The second-order valence-corrected chi connectivity index (χ2v) is 16.7. The van der Waals surface area contributed by atoms with Gasteiger partial charge in [-0.2, -0.15) is 0 Å². The van der Waals surface area contributed by atoms with Crippen molar-refractivity contribution in [3.8, 4) is 0 Å². The van der Waals surface area contributed by atoms with Crippen LogP contribution in [0.15, 0.2) is 60.8 Å². The molecule has 0 saturated carbocycles. The SMILES string of the molecule is CCCCC/C=C\C/C=C\C/C=C\CCCCCCCCC(=O)NC(COP(=O)([O-])OCC[N+](C)(C)C)C(O)/C=C/CC/C=C/CCCCCCCC. The summed E-state index contributed by atoms with van der Waals surface area (Å²) >= 11 is 0. The average molecular weight is 765 g/mol. The van der Waals surface area contributed by atoms with Crippen LogP contribution in [0.5, 0.6) is 0 Å². The zero-order chi connectivity index (χ0) is 39.3. The molecule has 0 aromatic rings. The van der Waals surface area contributed by atoms with E-state index in [1.54, 1.807) is 6.08 Å². The fourth-order valence-corrected chi connectivity index (χ4v) is 6.25. The van der Waals surface area contributed by atoms with Crippen LogP contribution in [0.25, 0.3) is 0 Å². The topological polar surface area (TPSA) is 108 Å². The van der Waals surface area contributed by atoms with Gasteiger partial charge < -0.3 is 28.8 Å². The Morgan fingerprint density at radius 3 is 1.70 bits per heavy atom. The number of allylic oxidation sites excluding steroid dienone is 9. The lowest BCUT2D eigenvalue weighted by Gasteiger charge is -2.29. The number of hydrogen-bond donors (Lipinski definition) is 2. The predicted octanol–water partition coefficient (Wildman–Crippen LogP) is 10.8. The number of carbonyl (C=O) groups is 1. The van der Waals surface area contributed by atoms with E-state index in [2.05, 4.69) is 67.8 Å². The van der Waals surface area contributed by atoms with Crippen LogP contribution >= 0.6 is 7.82 Å². The van der Waals surface area contributed by atoms with Gasteiger partial charge in [-0.25, -0.2) is 0 Å². The summed E-state index contributed by atoms with van der Waals surface area (Å²) in [5, 5.41) is 13.7. The summed E-state index contributed by atoms with van der Waals surface area (Å²) in [7, 11) is 1.22. The van der Waals surface area contributed by atoms with Crippen molar-refractivity contribution < 1.29 is 32.9 Å². The molecule has 1 amide bonds. The first-order valence-electron chi connectivity index (χ1n) is 21.2. The molecule has 0 bridgehead atoms. The minimum Gasteiger partial charge on any atom is -0.756 e. The normalized spacial score (nSPS) is 15.1. The third kappa shape index (κ3) is 38.3. The van der Waals surface area contributed by atoms with Crippen LogP contribution in [-0.4, -0.2) is 68.5 Å². The highest BCUT2D eigenvalue weighted by Crippen LogP contribution is 2.38. The maximum Gasteiger partial charge on any atom is 0.268 e. The Balaban J connectivity index is 4.50. The van der Waals surface area contributed by atoms with Gasteiger partial charge >= 0.3 is 0 Å². The van der Waals surface area contributed by atoms with Crippen LogP contribution in [0.2, 0.25) is 0 Å². The Morgan fingerprint density at radius 2 is 1.11 bits per heavy atom. The molecule has 308 valence electrons. The molecule has 0 saturated heterocycles. The van der Waals surface area contributed by atoms with E-state index in [1.165, 1.54) is 77.0 Å². The monoisotopic (exact) mass is 765 g/mol. The van der Waals surface area contributed by atoms with E-state index in [0.29, 0.717) is 17.4 Å². The van der Waals surface area contributed by atoms with Crippen molar-refractivity contribution in [3.05, 3.63) is 60.8 Å². The molecule has 53 heavy (non-hydrogen) atoms. The second-order valence-electron chi connectivity index (χ2n) is 15.3. The Kier molecular flexibility index (Phi) is 34.7. The van der Waals surface area contributed by atoms with Crippen LogP contribution in [0.1, 0.15) is 162 Å². The van der Waals surface area contributed by atoms with Crippen molar-refractivity contribution in [3.63, 3.8) is 0 Å². The van der Waals surface area contributed by atoms with Gasteiger partial charge in [-0.15, -0.1) is 0 Å². The maximum absolute atomic E-state index is 12.8. The molecular formula is C44H81N2O6P. The fourth-order valence-electron chi connectivity index (χ4n) is 5.53. The number of aliphatic hydroxyl groups excluding tert-OH is 1. The standard InChI is InChI=1S/C44H81N2O6P/c1-6-8-10-12-14-16-18-20-21-22-23-24-25-26-28-30-32-34-36-38-44(48)45-42(41-52-53(49,50)51-40-39-46(3,4)5)43(47)37-35-33-31-29-27-19-17-15-13-11-9-7-2/h14,16,20-21,23-24,27,29,35,37,42-43,47H,6-13,15,17-19,22,25-26,28,30-34,36,38-41H2,1-5H3,(H-,45,48,49,50)/b16-14-,21-20-,24-23-,29-27+,37-35+. The summed E-state index contributed by atoms with van der Waals surface area (Å²) in [4.78, 5) is 25.2. The van der Waals surface area contributed by atoms with Crippen LogP contribution in [-0.2, 0) is 18.4 Å². The molecule has 0 spiro atoms. The largest absolute Gasteiger partial charge is 0.756 e. The highest BCUT2D eigenvalue weighted by Gasteiger charge is 2.23. The van der Waals surface area contributed by atoms with Crippen LogP contribution in [0.4, 0.5) is 0 Å². The first-order chi connectivity index (χ1) is 25.5. The van der Waals surface area contributed by atoms with E-state index < -0.39 is 26.6 Å². The Bertz CT molecular complexity index is 1050. The summed E-state index contributed by atoms with van der Waals surface area (Å²) in [6.07, 6.45) is 45.5. The fraction of sp³-hybridized carbons (Fsp3) is 0.750. The third-order valence-corrected chi connectivity index (χ3v) is 9.91. The van der Waals surface area contributed by atoms with E-state index in [0.717, 1.165) is 64.2 Å². The molecule has 0 aromatic heterocycles. The molecule has 0 aromatic carbocycles. The molecule has 2 N–H and O–H groups in total. The lowest BCUT2D eigenvalue weighted by Crippen LogP contribution is -2.45. The van der Waals surface area contributed by atoms with Crippen molar-refractivity contribution >= 4 is 13.7 Å². The summed E-state index contributed by atoms with van der Waals surface area (Å²) in [6, 6.07) is -0.910. The quantitative estimate of drug-likeness (QED) is 0.0282. The molecule has 8 nitrogen and oxygen atoms in total. The molecule has 9 heteroatoms. The lowest BCUT2D eigenvalue weighted by atomic mass is 10.1. The molecule has 0 fully saturated rings.